The van der Waals surface area contributed by atoms with Gasteiger partial charge in [-0.05, 0) is 38.5 Å². The number of hydrogen-bond donors (Lipinski definition) is 2. The first kappa shape index (κ1) is 23.6. The molecule has 0 aromatic rings. The number of allylic oxidation sites excluding steroid dienone is 5. The summed E-state index contributed by atoms with van der Waals surface area (Å²) in [5.74, 6) is 0.501. The number of nitrogens with one attached hydrogen (secondary N) is 1. The van der Waals surface area contributed by atoms with Crippen LogP contribution in [-0.2, 0) is 0 Å². The molecule has 0 aliphatic carbocycles. The van der Waals surface area contributed by atoms with Gasteiger partial charge in [0.2, 0.25) is 0 Å². The molecule has 0 fully saturated rings. The van der Waals surface area contributed by atoms with Gasteiger partial charge in [0, 0.05) is 23.9 Å². The summed E-state index contributed by atoms with van der Waals surface area (Å²) in [6.07, 6.45) is 13.7. The molecule has 2 heteroatoms. The zero-order chi connectivity index (χ0) is 19.2. The molecule has 2 nitrogen and oxygen atoms in total. The Morgan fingerprint density at radius 1 is 1.12 bits per heavy atom. The van der Waals surface area contributed by atoms with Gasteiger partial charge in [0.25, 0.3) is 0 Å². The molecule has 0 saturated carbocycles. The zero-order valence-electron chi connectivity index (χ0n) is 17.6. The lowest BCUT2D eigenvalue weighted by Crippen LogP contribution is -2.30. The van der Waals surface area contributed by atoms with E-state index in [4.69, 9.17) is 5.73 Å². The molecule has 0 saturated heterocycles. The Morgan fingerprint density at radius 2 is 1.80 bits per heavy atom. The predicted octanol–water partition coefficient (Wildman–Crippen LogP) is 6.48. The normalized spacial score (nSPS) is 15.8. The number of unbranched alkanes of at least 4 members (excludes halogenated alkanes) is 2. The molecule has 0 bridgehead atoms. The van der Waals surface area contributed by atoms with Crippen molar-refractivity contribution >= 4 is 0 Å². The molecule has 2 unspecified atom stereocenters. The predicted molar refractivity (Wildman–Crippen MR) is 114 cm³/mol. The van der Waals surface area contributed by atoms with E-state index in [1.807, 2.05) is 0 Å². The van der Waals surface area contributed by atoms with Crippen LogP contribution in [-0.4, -0.2) is 6.54 Å². The maximum absolute atomic E-state index is 6.26. The van der Waals surface area contributed by atoms with Gasteiger partial charge in [-0.1, -0.05) is 83.4 Å². The highest BCUT2D eigenvalue weighted by Gasteiger charge is 2.25. The third-order valence-electron chi connectivity index (χ3n) is 4.68. The molecule has 0 aromatic carbocycles. The highest BCUT2D eigenvalue weighted by atomic mass is 14.9. The van der Waals surface area contributed by atoms with Gasteiger partial charge in [-0.2, -0.15) is 0 Å². The molecule has 0 rings (SSSR count). The molecule has 0 radical (unpaired) electrons. The molecule has 0 spiro atoms. The Hall–Kier alpha value is -1.44. The Morgan fingerprint density at radius 3 is 2.28 bits per heavy atom. The quantitative estimate of drug-likeness (QED) is 0.296. The van der Waals surface area contributed by atoms with Crippen LogP contribution < -0.4 is 11.1 Å². The Balaban J connectivity index is 5.53. The molecule has 144 valence electrons. The van der Waals surface area contributed by atoms with E-state index < -0.39 is 0 Å². The van der Waals surface area contributed by atoms with Gasteiger partial charge in [-0.25, -0.2) is 0 Å². The number of rotatable bonds is 13. The minimum atomic E-state index is 0.155. The van der Waals surface area contributed by atoms with Crippen molar-refractivity contribution in [2.45, 2.75) is 80.1 Å². The van der Waals surface area contributed by atoms with Crippen molar-refractivity contribution in [2.24, 2.45) is 17.6 Å². The van der Waals surface area contributed by atoms with Gasteiger partial charge < -0.3 is 11.1 Å². The van der Waals surface area contributed by atoms with E-state index in [0.29, 0.717) is 5.92 Å². The van der Waals surface area contributed by atoms with Crippen LogP contribution in [0.25, 0.3) is 0 Å². The molecule has 25 heavy (non-hydrogen) atoms. The van der Waals surface area contributed by atoms with Crippen LogP contribution in [0.5, 0.6) is 0 Å². The van der Waals surface area contributed by atoms with Crippen LogP contribution >= 0.6 is 0 Å². The van der Waals surface area contributed by atoms with Gasteiger partial charge >= 0.3 is 0 Å². The molecular weight excluding hydrogens is 304 g/mol. The Kier molecular flexibility index (Phi) is 13.0. The largest absolute Gasteiger partial charge is 0.402 e. The van der Waals surface area contributed by atoms with Crippen LogP contribution in [0, 0.1) is 11.8 Å². The topological polar surface area (TPSA) is 38.0 Å². The van der Waals surface area contributed by atoms with E-state index >= 15 is 0 Å². The molecule has 0 aliphatic rings. The van der Waals surface area contributed by atoms with Crippen molar-refractivity contribution in [2.75, 3.05) is 6.54 Å². The van der Waals surface area contributed by atoms with E-state index in [1.165, 1.54) is 36.1 Å². The molecule has 2 atom stereocenters. The highest BCUT2D eigenvalue weighted by Crippen LogP contribution is 2.32. The summed E-state index contributed by atoms with van der Waals surface area (Å²) in [4.78, 5) is 0. The van der Waals surface area contributed by atoms with Crippen molar-refractivity contribution in [3.8, 4) is 0 Å². The monoisotopic (exact) mass is 346 g/mol. The molecule has 0 heterocycles. The minimum Gasteiger partial charge on any atom is -0.402 e. The number of hydrogen-bond acceptors (Lipinski definition) is 2. The van der Waals surface area contributed by atoms with Crippen molar-refractivity contribution in [3.05, 3.63) is 47.3 Å². The fourth-order valence-corrected chi connectivity index (χ4v) is 3.22. The summed E-state index contributed by atoms with van der Waals surface area (Å²) < 4.78 is 0. The Labute approximate surface area is 157 Å². The molecule has 0 aromatic heterocycles. The van der Waals surface area contributed by atoms with Gasteiger partial charge in [0.1, 0.15) is 0 Å². The third-order valence-corrected chi connectivity index (χ3v) is 4.68. The second-order valence-electron chi connectivity index (χ2n) is 7.00. The van der Waals surface area contributed by atoms with E-state index in [0.717, 1.165) is 31.5 Å². The fourth-order valence-electron chi connectivity index (χ4n) is 3.22. The molecule has 3 N–H and O–H groups in total. The van der Waals surface area contributed by atoms with Gasteiger partial charge in [0.05, 0.1) is 0 Å². The van der Waals surface area contributed by atoms with E-state index in [2.05, 4.69) is 71.7 Å². The fraction of sp³-hybridized carbons (Fsp3) is 0.652. The lowest BCUT2D eigenvalue weighted by molar-refractivity contribution is 0.477. The second-order valence-corrected chi connectivity index (χ2v) is 7.00. The van der Waals surface area contributed by atoms with E-state index in [1.54, 1.807) is 0 Å². The summed E-state index contributed by atoms with van der Waals surface area (Å²) in [5.41, 5.74) is 11.1. The molecular formula is C23H42N2. The van der Waals surface area contributed by atoms with Crippen LogP contribution in [0.3, 0.4) is 0 Å². The van der Waals surface area contributed by atoms with Crippen molar-refractivity contribution < 1.29 is 0 Å². The smallest absolute Gasteiger partial charge is 0.0436 e. The van der Waals surface area contributed by atoms with E-state index in [9.17, 15) is 0 Å². The highest BCUT2D eigenvalue weighted by molar-refractivity contribution is 5.28. The van der Waals surface area contributed by atoms with Gasteiger partial charge in [-0.3, -0.25) is 0 Å². The second kappa shape index (κ2) is 13.8. The van der Waals surface area contributed by atoms with Crippen LogP contribution in [0.2, 0.25) is 0 Å². The van der Waals surface area contributed by atoms with Crippen LogP contribution in [0.4, 0.5) is 0 Å². The van der Waals surface area contributed by atoms with Gasteiger partial charge in [0.15, 0.2) is 0 Å². The molecule has 0 aliphatic heterocycles. The standard InChI is InChI=1S/C23H42N2/c1-8-12-15-18(5)17-21(11-4)19(6)23(20(7)24)22(14-10-3)25-16-13-9-2/h14-15,17,19,23,25H,7-13,16,24H2,1-6H3/b18-15-,21-17-,22-14+. The first-order chi connectivity index (χ1) is 11.9. The summed E-state index contributed by atoms with van der Waals surface area (Å²) >= 11 is 0. The first-order valence-electron chi connectivity index (χ1n) is 10.2. The summed E-state index contributed by atoms with van der Waals surface area (Å²) in [5, 5.41) is 3.63. The minimum absolute atomic E-state index is 0.155. The van der Waals surface area contributed by atoms with Crippen LogP contribution in [0.15, 0.2) is 47.3 Å². The Bertz CT molecular complexity index is 468. The lowest BCUT2D eigenvalue weighted by Gasteiger charge is -2.30. The average molecular weight is 347 g/mol. The zero-order valence-corrected chi connectivity index (χ0v) is 17.6. The number of nitrogens with two attached hydrogens (primary N) is 1. The van der Waals surface area contributed by atoms with Crippen molar-refractivity contribution in [3.63, 3.8) is 0 Å². The summed E-state index contributed by atoms with van der Waals surface area (Å²) in [6.45, 7) is 18.4. The first-order valence-corrected chi connectivity index (χ1v) is 10.2. The third kappa shape index (κ3) is 9.00. The van der Waals surface area contributed by atoms with Gasteiger partial charge in [-0.15, -0.1) is 0 Å². The van der Waals surface area contributed by atoms with E-state index in [-0.39, 0.29) is 5.92 Å². The SMILES string of the molecule is C=C(N)C(/C(=C\CC)NCCCC)C(C)/C(=C\C(C)=C/CCC)CC. The average Bonchev–Trinajstić information content (AvgIpc) is 2.57. The lowest BCUT2D eigenvalue weighted by atomic mass is 9.81. The maximum Gasteiger partial charge on any atom is 0.0436 e. The summed E-state index contributed by atoms with van der Waals surface area (Å²) in [6, 6.07) is 0. The molecule has 0 amide bonds. The maximum atomic E-state index is 6.26. The van der Waals surface area contributed by atoms with Crippen molar-refractivity contribution in [1.82, 2.24) is 5.32 Å². The van der Waals surface area contributed by atoms with Crippen LogP contribution in [0.1, 0.15) is 80.1 Å². The van der Waals surface area contributed by atoms with Crippen molar-refractivity contribution in [1.29, 1.82) is 0 Å². The summed E-state index contributed by atoms with van der Waals surface area (Å²) in [7, 11) is 0.